The zero-order chi connectivity index (χ0) is 30.5. The Hall–Kier alpha value is -2.82. The van der Waals surface area contributed by atoms with Crippen LogP contribution < -0.4 is 11.5 Å². The van der Waals surface area contributed by atoms with Crippen LogP contribution in [0, 0.1) is 35.5 Å². The molecule has 0 bridgehead atoms. The van der Waals surface area contributed by atoms with E-state index in [0.717, 1.165) is 40.0 Å². The van der Waals surface area contributed by atoms with Gasteiger partial charge in [0.2, 0.25) is 0 Å². The number of allylic oxidation sites excluding steroid dienone is 4. The molecule has 0 unspecified atom stereocenters. The summed E-state index contributed by atoms with van der Waals surface area (Å²) in [6.07, 6.45) is 6.62. The van der Waals surface area contributed by atoms with Gasteiger partial charge in [-0.3, -0.25) is 9.59 Å². The van der Waals surface area contributed by atoms with E-state index < -0.39 is 41.5 Å². The van der Waals surface area contributed by atoms with Gasteiger partial charge in [-0.15, -0.1) is 11.3 Å². The maximum Gasteiger partial charge on any atom is 0.193 e. The lowest BCUT2D eigenvalue weighted by Crippen LogP contribution is -2.63. The molecule has 6 N–H and O–H groups in total. The van der Waals surface area contributed by atoms with Gasteiger partial charge in [0.15, 0.2) is 23.5 Å². The summed E-state index contributed by atoms with van der Waals surface area (Å²) in [7, 11) is 0. The molecule has 4 fully saturated rings. The average Bonchev–Trinajstić information content (AvgIpc) is 3.60. The van der Waals surface area contributed by atoms with Crippen molar-refractivity contribution in [3.05, 3.63) is 68.9 Å². The molecule has 43 heavy (non-hydrogen) atoms. The molecule has 7 rings (SSSR count). The fourth-order valence-electron chi connectivity index (χ4n) is 9.62. The van der Waals surface area contributed by atoms with E-state index in [0.29, 0.717) is 30.6 Å². The molecule has 1 aromatic heterocycles. The summed E-state index contributed by atoms with van der Waals surface area (Å²) < 4.78 is 13.5. The second-order valence-electron chi connectivity index (χ2n) is 13.7. The lowest BCUT2D eigenvalue weighted by Gasteiger charge is -2.59. The Bertz CT molecular complexity index is 1580. The van der Waals surface area contributed by atoms with Crippen LogP contribution in [0.1, 0.15) is 67.4 Å². The van der Waals surface area contributed by atoms with Gasteiger partial charge in [-0.1, -0.05) is 31.6 Å². The van der Waals surface area contributed by atoms with E-state index in [2.05, 4.69) is 13.8 Å². The monoisotopic (exact) mass is 604 g/mol. The number of ketones is 2. The van der Waals surface area contributed by atoms with Crippen LogP contribution in [0.3, 0.4) is 0 Å². The van der Waals surface area contributed by atoms with Gasteiger partial charge in [0.25, 0.3) is 0 Å². The third-order valence-electron chi connectivity index (χ3n) is 11.7. The first-order chi connectivity index (χ1) is 20.4. The Morgan fingerprint density at radius 1 is 1.21 bits per heavy atom. The fraction of sp³-hybridized carbons (Fsp3) is 0.529. The first-order valence-electron chi connectivity index (χ1n) is 15.2. The van der Waals surface area contributed by atoms with Crippen LogP contribution in [0.15, 0.2) is 47.4 Å². The van der Waals surface area contributed by atoms with E-state index in [1.165, 1.54) is 0 Å². The van der Waals surface area contributed by atoms with E-state index in [9.17, 15) is 19.8 Å². The van der Waals surface area contributed by atoms with Crippen molar-refractivity contribution < 1.29 is 29.3 Å². The van der Waals surface area contributed by atoms with Crippen molar-refractivity contribution >= 4 is 34.3 Å². The topological polar surface area (TPSA) is 145 Å². The number of anilines is 2. The lowest BCUT2D eigenvalue weighted by atomic mass is 9.46. The number of rotatable bonds is 5. The molecule has 0 radical (unpaired) electrons. The minimum Gasteiger partial charge on any atom is -0.397 e. The zero-order valence-corrected chi connectivity index (χ0v) is 25.7. The normalized spacial score (nSPS) is 39.6. The van der Waals surface area contributed by atoms with Crippen LogP contribution in [-0.4, -0.2) is 46.2 Å². The van der Waals surface area contributed by atoms with Crippen molar-refractivity contribution in [1.29, 1.82) is 0 Å². The third-order valence-corrected chi connectivity index (χ3v) is 12.9. The molecule has 8 nitrogen and oxygen atoms in total. The number of thiophene rings is 1. The highest BCUT2D eigenvalue weighted by atomic mass is 32.1. The Morgan fingerprint density at radius 2 is 2.00 bits per heavy atom. The number of aliphatic hydroxyl groups excluding tert-OH is 2. The van der Waals surface area contributed by atoms with Crippen molar-refractivity contribution in [3.8, 4) is 0 Å². The van der Waals surface area contributed by atoms with Gasteiger partial charge in [0, 0.05) is 33.6 Å². The number of carbonyl (C=O) groups is 2. The molecule has 0 spiro atoms. The van der Waals surface area contributed by atoms with Crippen molar-refractivity contribution in [1.82, 2.24) is 0 Å². The van der Waals surface area contributed by atoms with E-state index in [4.69, 9.17) is 20.9 Å². The largest absolute Gasteiger partial charge is 0.397 e. The number of hydrogen-bond donors (Lipinski definition) is 4. The number of nitrogen functional groups attached to an aromatic ring is 2. The summed E-state index contributed by atoms with van der Waals surface area (Å²) in [6, 6.07) is 5.68. The molecule has 1 saturated heterocycles. The summed E-state index contributed by atoms with van der Waals surface area (Å²) in [5.74, 6) is -0.278. The number of aliphatic hydroxyl groups is 2. The van der Waals surface area contributed by atoms with Crippen molar-refractivity contribution in [2.24, 2.45) is 28.6 Å². The second-order valence-corrected chi connectivity index (χ2v) is 14.7. The van der Waals surface area contributed by atoms with Gasteiger partial charge in [-0.05, 0) is 85.2 Å². The first kappa shape index (κ1) is 28.9. The van der Waals surface area contributed by atoms with Crippen molar-refractivity contribution in [2.75, 3.05) is 18.1 Å². The molecule has 2 heterocycles. The summed E-state index contributed by atoms with van der Waals surface area (Å²) in [5.41, 5.74) is 14.6. The smallest absolute Gasteiger partial charge is 0.193 e. The van der Waals surface area contributed by atoms with Crippen LogP contribution in [0.2, 0.25) is 0 Å². The number of ether oxygens (including phenoxy) is 2. The van der Waals surface area contributed by atoms with Crippen molar-refractivity contribution in [2.45, 2.75) is 77.0 Å². The van der Waals surface area contributed by atoms with E-state index >= 15 is 0 Å². The standard InChI is InChI=1S/C34H40N2O6S/c1-17-22(16-43-27(17)11-18-4-7-24(35)25(36)10-18)31-41-29-13-23-21-6-5-19-12-20(38)8-9-32(19,2)30(21)26(39)14-33(23,3)34(29,42-31)28(40)15-37/h4,7-10,12,16,21,23,26,29-31,37,39H,5-6,11,13-15,35-36H2,1-3H3/t21-,23-,26-,29+,30+,31+,32-,33-,34+/m0/s1. The molecule has 1 aromatic carbocycles. The highest BCUT2D eigenvalue weighted by molar-refractivity contribution is 7.10. The highest BCUT2D eigenvalue weighted by Gasteiger charge is 2.76. The fourth-order valence-corrected chi connectivity index (χ4v) is 10.7. The minimum atomic E-state index is -1.36. The summed E-state index contributed by atoms with van der Waals surface area (Å²) >= 11 is 1.61. The summed E-state index contributed by atoms with van der Waals surface area (Å²) in [4.78, 5) is 27.1. The van der Waals surface area contributed by atoms with E-state index in [1.807, 2.05) is 36.6 Å². The molecule has 9 heteroatoms. The van der Waals surface area contributed by atoms with Gasteiger partial charge in [-0.25, -0.2) is 0 Å². The predicted octanol–water partition coefficient (Wildman–Crippen LogP) is 4.41. The first-order valence-corrected chi connectivity index (χ1v) is 16.1. The Labute approximate surface area is 255 Å². The molecular formula is C34H40N2O6S. The van der Waals surface area contributed by atoms with Crippen LogP contribution in [-0.2, 0) is 25.5 Å². The molecular weight excluding hydrogens is 564 g/mol. The van der Waals surface area contributed by atoms with E-state index in [-0.39, 0.29) is 29.3 Å². The molecule has 0 amide bonds. The van der Waals surface area contributed by atoms with Gasteiger partial charge in [0.05, 0.1) is 23.6 Å². The average molecular weight is 605 g/mol. The summed E-state index contributed by atoms with van der Waals surface area (Å²) in [6.45, 7) is 5.58. The number of hydrogen-bond acceptors (Lipinski definition) is 9. The number of benzene rings is 1. The summed E-state index contributed by atoms with van der Waals surface area (Å²) in [5, 5.41) is 24.2. The van der Waals surface area contributed by atoms with Gasteiger partial charge in [-0.2, -0.15) is 0 Å². The predicted molar refractivity (Wildman–Crippen MR) is 164 cm³/mol. The number of fused-ring (bicyclic) bond motifs is 7. The SMILES string of the molecule is Cc1c([C@@H]2O[C@@H]3C[C@H]4[C@@H]5CCC6=CC(=O)C=C[C@]6(C)[C@H]5[C@@H](O)C[C@]4(C)[C@]3(C(=O)CO)O2)csc1Cc1ccc(N)c(N)c1. The number of carbonyl (C=O) groups excluding carboxylic acids is 2. The third kappa shape index (κ3) is 3.94. The molecule has 228 valence electrons. The van der Waals surface area contributed by atoms with Crippen LogP contribution in [0.4, 0.5) is 11.4 Å². The second kappa shape index (κ2) is 9.84. The van der Waals surface area contributed by atoms with Crippen LogP contribution in [0.5, 0.6) is 0 Å². The Kier molecular flexibility index (Phi) is 6.62. The quantitative estimate of drug-likeness (QED) is 0.367. The van der Waals surface area contributed by atoms with Crippen LogP contribution >= 0.6 is 11.3 Å². The molecule has 4 aliphatic carbocycles. The van der Waals surface area contributed by atoms with E-state index in [1.54, 1.807) is 23.5 Å². The Balaban J connectivity index is 1.20. The Morgan fingerprint density at radius 3 is 2.74 bits per heavy atom. The number of Topliss-reactive ketones (excluding diaryl/α,β-unsaturated/α-hetero) is 1. The number of nitrogens with two attached hydrogens (primary N) is 2. The highest BCUT2D eigenvalue weighted by Crippen LogP contribution is 2.70. The molecule has 2 aromatic rings. The maximum atomic E-state index is 13.8. The van der Waals surface area contributed by atoms with Crippen LogP contribution in [0.25, 0.3) is 0 Å². The van der Waals surface area contributed by atoms with Gasteiger partial charge in [0.1, 0.15) is 6.61 Å². The van der Waals surface area contributed by atoms with Gasteiger partial charge >= 0.3 is 0 Å². The lowest BCUT2D eigenvalue weighted by molar-refractivity contribution is -0.201. The maximum absolute atomic E-state index is 13.8. The zero-order valence-electron chi connectivity index (χ0n) is 24.8. The molecule has 1 aliphatic heterocycles. The molecule has 3 saturated carbocycles. The molecule has 9 atom stereocenters. The molecule has 5 aliphatic rings. The van der Waals surface area contributed by atoms with Gasteiger partial charge < -0.3 is 31.2 Å². The minimum absolute atomic E-state index is 0.00118. The van der Waals surface area contributed by atoms with Crippen molar-refractivity contribution in [3.63, 3.8) is 0 Å².